The van der Waals surface area contributed by atoms with E-state index in [1.807, 2.05) is 13.0 Å². The molecule has 112 valence electrons. The Bertz CT molecular complexity index is 765. The van der Waals surface area contributed by atoms with E-state index in [2.05, 4.69) is 9.78 Å². The minimum Gasteiger partial charge on any atom is -0.289 e. The van der Waals surface area contributed by atoms with Crippen molar-refractivity contribution in [2.24, 2.45) is 0 Å². The molecule has 0 fully saturated rings. The zero-order valence-electron chi connectivity index (χ0n) is 11.9. The van der Waals surface area contributed by atoms with Crippen molar-refractivity contribution >= 4 is 11.9 Å². The average Bonchev–Trinajstić information content (AvgIpc) is 2.74. The molecule has 0 atom stereocenters. The summed E-state index contributed by atoms with van der Waals surface area (Å²) in [5, 5.41) is 0. The van der Waals surface area contributed by atoms with Crippen LogP contribution in [0.15, 0.2) is 36.4 Å². The molecule has 0 spiro atoms. The predicted molar refractivity (Wildman–Crippen MR) is 74.4 cm³/mol. The second-order valence-corrected chi connectivity index (χ2v) is 4.84. The highest BCUT2D eigenvalue weighted by Gasteiger charge is 2.27. The van der Waals surface area contributed by atoms with Crippen molar-refractivity contribution in [1.82, 2.24) is 0 Å². The van der Waals surface area contributed by atoms with Gasteiger partial charge in [-0.15, -0.1) is 0 Å². The highest BCUT2D eigenvalue weighted by atomic mass is 17.2. The maximum atomic E-state index is 12.0. The lowest BCUT2D eigenvalue weighted by atomic mass is 10.1. The molecule has 1 aliphatic heterocycles. The Hall–Kier alpha value is -3.02. The van der Waals surface area contributed by atoms with Crippen LogP contribution in [0.25, 0.3) is 0 Å². The second kappa shape index (κ2) is 5.40. The van der Waals surface area contributed by atoms with Crippen LogP contribution in [-0.2, 0) is 9.78 Å². The van der Waals surface area contributed by atoms with Crippen LogP contribution in [-0.4, -0.2) is 11.9 Å². The molecule has 0 aromatic heterocycles. The Morgan fingerprint density at radius 2 is 1.73 bits per heavy atom. The number of carbonyl (C=O) groups excluding carboxylic acids is 2. The summed E-state index contributed by atoms with van der Waals surface area (Å²) in [6.45, 7) is 3.58. The van der Waals surface area contributed by atoms with Crippen molar-refractivity contribution < 1.29 is 29.1 Å². The van der Waals surface area contributed by atoms with Crippen LogP contribution in [0.4, 0.5) is 0 Å². The lowest BCUT2D eigenvalue weighted by Gasteiger charge is -2.05. The zero-order chi connectivity index (χ0) is 15.7. The fraction of sp³-hybridized carbons (Fsp3) is 0.125. The summed E-state index contributed by atoms with van der Waals surface area (Å²) < 4.78 is 0. The van der Waals surface area contributed by atoms with Gasteiger partial charge in [0.1, 0.15) is 5.56 Å². The van der Waals surface area contributed by atoms with Gasteiger partial charge in [0.15, 0.2) is 11.5 Å². The van der Waals surface area contributed by atoms with Gasteiger partial charge in [-0.3, -0.25) is 9.78 Å². The van der Waals surface area contributed by atoms with Gasteiger partial charge in [-0.05, 0) is 38.1 Å². The molecule has 0 saturated carbocycles. The molecule has 0 unspecified atom stereocenters. The van der Waals surface area contributed by atoms with Gasteiger partial charge >= 0.3 is 11.9 Å². The van der Waals surface area contributed by atoms with Gasteiger partial charge in [0.05, 0.1) is 5.56 Å². The molecular formula is C16H12O6. The molecule has 2 bridgehead atoms. The summed E-state index contributed by atoms with van der Waals surface area (Å²) in [6.07, 6.45) is 0. The summed E-state index contributed by atoms with van der Waals surface area (Å²) >= 11 is 0. The third kappa shape index (κ3) is 2.46. The van der Waals surface area contributed by atoms with E-state index in [9.17, 15) is 9.59 Å². The fourth-order valence-corrected chi connectivity index (χ4v) is 2.06. The van der Waals surface area contributed by atoms with Gasteiger partial charge < -0.3 is 0 Å². The van der Waals surface area contributed by atoms with E-state index in [-0.39, 0.29) is 11.3 Å². The average molecular weight is 300 g/mol. The first-order valence-electron chi connectivity index (χ1n) is 6.54. The zero-order valence-corrected chi connectivity index (χ0v) is 11.9. The van der Waals surface area contributed by atoms with Crippen molar-refractivity contribution in [3.63, 3.8) is 0 Å². The summed E-state index contributed by atoms with van der Waals surface area (Å²) in [7, 11) is 0. The van der Waals surface area contributed by atoms with Crippen molar-refractivity contribution in [3.8, 4) is 11.5 Å². The van der Waals surface area contributed by atoms with Crippen LogP contribution in [0.2, 0.25) is 0 Å². The Kier molecular flexibility index (Phi) is 3.42. The third-order valence-corrected chi connectivity index (χ3v) is 3.24. The van der Waals surface area contributed by atoms with E-state index < -0.39 is 11.9 Å². The molecule has 0 amide bonds. The Balaban J connectivity index is 1.69. The van der Waals surface area contributed by atoms with E-state index >= 15 is 0 Å². The molecule has 6 nitrogen and oxygen atoms in total. The van der Waals surface area contributed by atoms with Gasteiger partial charge in [-0.25, -0.2) is 19.4 Å². The second-order valence-electron chi connectivity index (χ2n) is 4.84. The SMILES string of the molecule is Cc1cccc(C(=O)OOC(=O)c2ccc3c(C)c2OO3)c1. The third-order valence-electron chi connectivity index (χ3n) is 3.24. The molecule has 0 saturated heterocycles. The molecule has 0 aliphatic carbocycles. The first kappa shape index (κ1) is 13.9. The Morgan fingerprint density at radius 1 is 0.955 bits per heavy atom. The van der Waals surface area contributed by atoms with Gasteiger partial charge in [0.2, 0.25) is 0 Å². The molecular weight excluding hydrogens is 288 g/mol. The highest BCUT2D eigenvalue weighted by Crippen LogP contribution is 2.37. The van der Waals surface area contributed by atoms with Gasteiger partial charge in [-0.2, -0.15) is 0 Å². The fourth-order valence-electron chi connectivity index (χ4n) is 2.06. The lowest BCUT2D eigenvalue weighted by molar-refractivity contribution is -0.188. The number of fused-ring (bicyclic) bond motifs is 2. The summed E-state index contributed by atoms with van der Waals surface area (Å²) in [5.41, 5.74) is 1.99. The van der Waals surface area contributed by atoms with Gasteiger partial charge in [0.25, 0.3) is 0 Å². The minimum atomic E-state index is -0.837. The topological polar surface area (TPSA) is 71.1 Å². The predicted octanol–water partition coefficient (Wildman–Crippen LogP) is 2.92. The van der Waals surface area contributed by atoms with E-state index in [0.717, 1.165) is 5.56 Å². The Labute approximate surface area is 126 Å². The van der Waals surface area contributed by atoms with Crippen LogP contribution in [0.5, 0.6) is 11.5 Å². The first-order chi connectivity index (χ1) is 10.6. The van der Waals surface area contributed by atoms with E-state index in [1.165, 1.54) is 6.07 Å². The van der Waals surface area contributed by atoms with Crippen LogP contribution >= 0.6 is 0 Å². The van der Waals surface area contributed by atoms with E-state index in [0.29, 0.717) is 16.9 Å². The van der Waals surface area contributed by atoms with Gasteiger partial charge in [0, 0.05) is 5.56 Å². The molecule has 2 aromatic carbocycles. The molecule has 1 heterocycles. The number of hydrogen-bond donors (Lipinski definition) is 0. The first-order valence-corrected chi connectivity index (χ1v) is 6.54. The maximum Gasteiger partial charge on any atom is 0.390 e. The highest BCUT2D eigenvalue weighted by molar-refractivity contribution is 5.95. The van der Waals surface area contributed by atoms with Crippen LogP contribution < -0.4 is 9.78 Å². The molecule has 2 aromatic rings. The minimum absolute atomic E-state index is 0.121. The smallest absolute Gasteiger partial charge is 0.289 e. The number of hydrogen-bond acceptors (Lipinski definition) is 6. The van der Waals surface area contributed by atoms with E-state index in [4.69, 9.17) is 9.78 Å². The summed E-state index contributed by atoms with van der Waals surface area (Å²) in [4.78, 5) is 42.8. The Morgan fingerprint density at radius 3 is 2.50 bits per heavy atom. The summed E-state index contributed by atoms with van der Waals surface area (Å²) in [5.74, 6) is -0.799. The number of rotatable bonds is 2. The van der Waals surface area contributed by atoms with Crippen molar-refractivity contribution in [1.29, 1.82) is 0 Å². The van der Waals surface area contributed by atoms with Crippen LogP contribution in [0.1, 0.15) is 31.8 Å². The molecule has 1 aliphatic rings. The molecule has 0 N–H and O–H groups in total. The van der Waals surface area contributed by atoms with Crippen molar-refractivity contribution in [2.45, 2.75) is 13.8 Å². The molecule has 6 heteroatoms. The number of carbonyl (C=O) groups is 2. The quantitative estimate of drug-likeness (QED) is 0.627. The van der Waals surface area contributed by atoms with Crippen molar-refractivity contribution in [3.05, 3.63) is 58.7 Å². The van der Waals surface area contributed by atoms with Crippen LogP contribution in [0.3, 0.4) is 0 Å². The van der Waals surface area contributed by atoms with Gasteiger partial charge in [-0.1, -0.05) is 17.7 Å². The molecule has 3 rings (SSSR count). The van der Waals surface area contributed by atoms with Crippen molar-refractivity contribution in [2.75, 3.05) is 0 Å². The molecule has 22 heavy (non-hydrogen) atoms. The number of aryl methyl sites for hydroxylation is 1. The largest absolute Gasteiger partial charge is 0.390 e. The monoisotopic (exact) mass is 300 g/mol. The number of benzene rings is 2. The van der Waals surface area contributed by atoms with E-state index in [1.54, 1.807) is 31.2 Å². The normalized spacial score (nSPS) is 11.4. The van der Waals surface area contributed by atoms with Crippen LogP contribution in [0, 0.1) is 13.8 Å². The standard InChI is InChI=1S/C16H12O6/c1-9-4-3-5-11(8-9)15(17)21-22-16(18)12-6-7-13-10(2)14(12)20-19-13/h3-8H,1-2H3. The summed E-state index contributed by atoms with van der Waals surface area (Å²) in [6, 6.07) is 9.80. The lowest BCUT2D eigenvalue weighted by Crippen LogP contribution is -2.12. The maximum absolute atomic E-state index is 12.0. The molecule has 0 radical (unpaired) electrons.